The molecule has 0 heterocycles. The lowest BCUT2D eigenvalue weighted by atomic mass is 9.88. The van der Waals surface area contributed by atoms with Crippen LogP contribution in [0.4, 0.5) is 0 Å². The number of rotatable bonds is 3. The molecule has 12 heavy (non-hydrogen) atoms. The fraction of sp³-hybridized carbons (Fsp3) is 0.600. The quantitative estimate of drug-likeness (QED) is 0.518. The smallest absolute Gasteiger partial charge is 0.0850 e. The Kier molecular flexibility index (Phi) is 3.50. The molecule has 0 fully saturated rings. The molecule has 1 unspecified atom stereocenters. The van der Waals surface area contributed by atoms with Gasteiger partial charge in [0, 0.05) is 0 Å². The summed E-state index contributed by atoms with van der Waals surface area (Å²) in [5.74, 6) is 0.484. The average molecular weight is 168 g/mol. The molecule has 0 aliphatic heterocycles. The zero-order valence-corrected chi connectivity index (χ0v) is 7.55. The van der Waals surface area contributed by atoms with Gasteiger partial charge in [-0.15, -0.1) is 0 Å². The fourth-order valence-corrected chi connectivity index (χ4v) is 1.53. The maximum Gasteiger partial charge on any atom is 0.0850 e. The predicted molar refractivity (Wildman–Crippen MR) is 48.8 cm³/mol. The zero-order valence-electron chi connectivity index (χ0n) is 7.55. The molecule has 0 aromatic rings. The number of hydrogen-bond acceptors (Lipinski definition) is 2. The average Bonchev–Trinajstić information content (AvgIpc) is 2.06. The van der Waals surface area contributed by atoms with Crippen molar-refractivity contribution in [1.82, 2.24) is 0 Å². The maximum absolute atomic E-state index is 8.26. The van der Waals surface area contributed by atoms with Gasteiger partial charge in [-0.1, -0.05) is 18.2 Å². The lowest BCUT2D eigenvalue weighted by Gasteiger charge is -2.20. The topological polar surface area (TPSA) is 29.5 Å². The van der Waals surface area contributed by atoms with Crippen molar-refractivity contribution < 1.29 is 10.1 Å². The van der Waals surface area contributed by atoms with Crippen molar-refractivity contribution in [3.05, 3.63) is 23.8 Å². The van der Waals surface area contributed by atoms with E-state index in [1.807, 2.05) is 6.92 Å². The van der Waals surface area contributed by atoms with Crippen LogP contribution in [-0.2, 0) is 4.89 Å². The first kappa shape index (κ1) is 9.49. The third-order valence-corrected chi connectivity index (χ3v) is 2.38. The molecule has 1 atom stereocenters. The summed E-state index contributed by atoms with van der Waals surface area (Å²) in [6.07, 6.45) is 5.38. The van der Waals surface area contributed by atoms with Gasteiger partial charge in [0.05, 0.1) is 6.61 Å². The Morgan fingerprint density at radius 3 is 3.00 bits per heavy atom. The molecule has 0 amide bonds. The van der Waals surface area contributed by atoms with Gasteiger partial charge in [0.15, 0.2) is 0 Å². The highest BCUT2D eigenvalue weighted by Gasteiger charge is 2.14. The van der Waals surface area contributed by atoms with Crippen LogP contribution in [0.2, 0.25) is 0 Å². The highest BCUT2D eigenvalue weighted by Crippen LogP contribution is 2.26. The SMILES string of the molecule is C=C(C)C1=CCC(COO)CC1. The minimum Gasteiger partial charge on any atom is -0.252 e. The minimum absolute atomic E-state index is 0.458. The molecule has 2 heteroatoms. The van der Waals surface area contributed by atoms with Gasteiger partial charge in [-0.2, -0.15) is 0 Å². The van der Waals surface area contributed by atoms with Gasteiger partial charge < -0.3 is 0 Å². The third kappa shape index (κ3) is 2.47. The van der Waals surface area contributed by atoms with Gasteiger partial charge in [-0.25, -0.2) is 4.89 Å². The molecular formula is C10H16O2. The molecular weight excluding hydrogens is 152 g/mol. The molecule has 0 spiro atoms. The lowest BCUT2D eigenvalue weighted by molar-refractivity contribution is -0.251. The Hall–Kier alpha value is -0.600. The molecule has 68 valence electrons. The van der Waals surface area contributed by atoms with Crippen LogP contribution in [0.1, 0.15) is 26.2 Å². The van der Waals surface area contributed by atoms with E-state index in [9.17, 15) is 0 Å². The molecule has 1 aliphatic carbocycles. The van der Waals surface area contributed by atoms with Crippen LogP contribution in [0.3, 0.4) is 0 Å². The van der Waals surface area contributed by atoms with Gasteiger partial charge in [0.2, 0.25) is 0 Å². The van der Waals surface area contributed by atoms with E-state index in [4.69, 9.17) is 5.26 Å². The van der Waals surface area contributed by atoms with Crippen LogP contribution >= 0.6 is 0 Å². The first-order chi connectivity index (χ1) is 5.74. The predicted octanol–water partition coefficient (Wildman–Crippen LogP) is 2.78. The molecule has 0 aromatic heterocycles. The van der Waals surface area contributed by atoms with Crippen LogP contribution in [-0.4, -0.2) is 11.9 Å². The van der Waals surface area contributed by atoms with Crippen LogP contribution in [0.5, 0.6) is 0 Å². The molecule has 2 nitrogen and oxygen atoms in total. The molecule has 1 rings (SSSR count). The van der Waals surface area contributed by atoms with Gasteiger partial charge in [0.25, 0.3) is 0 Å². The first-order valence-electron chi connectivity index (χ1n) is 4.35. The summed E-state index contributed by atoms with van der Waals surface area (Å²) < 4.78 is 0. The number of hydrogen-bond donors (Lipinski definition) is 1. The highest BCUT2D eigenvalue weighted by molar-refractivity contribution is 5.27. The van der Waals surface area contributed by atoms with Crippen molar-refractivity contribution in [2.75, 3.05) is 6.61 Å². The van der Waals surface area contributed by atoms with E-state index in [2.05, 4.69) is 17.5 Å². The fourth-order valence-electron chi connectivity index (χ4n) is 1.53. The lowest BCUT2D eigenvalue weighted by Crippen LogP contribution is -2.11. The summed E-state index contributed by atoms with van der Waals surface area (Å²) in [5.41, 5.74) is 2.53. The summed E-state index contributed by atoms with van der Waals surface area (Å²) >= 11 is 0. The van der Waals surface area contributed by atoms with Crippen molar-refractivity contribution in [1.29, 1.82) is 0 Å². The monoisotopic (exact) mass is 168 g/mol. The van der Waals surface area contributed by atoms with E-state index >= 15 is 0 Å². The molecule has 0 saturated heterocycles. The summed E-state index contributed by atoms with van der Waals surface area (Å²) in [7, 11) is 0. The second-order valence-corrected chi connectivity index (χ2v) is 3.45. The van der Waals surface area contributed by atoms with E-state index in [-0.39, 0.29) is 0 Å². The summed E-state index contributed by atoms with van der Waals surface area (Å²) in [5, 5.41) is 8.26. The third-order valence-electron chi connectivity index (χ3n) is 2.38. The van der Waals surface area contributed by atoms with Crippen molar-refractivity contribution >= 4 is 0 Å². The Balaban J connectivity index is 2.42. The van der Waals surface area contributed by atoms with E-state index in [1.165, 1.54) is 11.1 Å². The molecule has 0 bridgehead atoms. The minimum atomic E-state index is 0.458. The van der Waals surface area contributed by atoms with Crippen molar-refractivity contribution in [3.8, 4) is 0 Å². The zero-order chi connectivity index (χ0) is 8.97. The Labute approximate surface area is 73.5 Å². The normalized spacial score (nSPS) is 23.5. The molecule has 0 saturated carbocycles. The summed E-state index contributed by atoms with van der Waals surface area (Å²) in [4.78, 5) is 4.13. The number of allylic oxidation sites excluding steroid dienone is 3. The van der Waals surface area contributed by atoms with Gasteiger partial charge in [-0.05, 0) is 37.7 Å². The molecule has 0 aromatic carbocycles. The second kappa shape index (κ2) is 4.43. The van der Waals surface area contributed by atoms with Gasteiger partial charge in [0.1, 0.15) is 0 Å². The van der Waals surface area contributed by atoms with Crippen LogP contribution in [0.15, 0.2) is 23.8 Å². The molecule has 0 radical (unpaired) electrons. The molecule has 1 aliphatic rings. The van der Waals surface area contributed by atoms with Crippen LogP contribution in [0.25, 0.3) is 0 Å². The van der Waals surface area contributed by atoms with Gasteiger partial charge >= 0.3 is 0 Å². The Bertz CT molecular complexity index is 194. The first-order valence-corrected chi connectivity index (χ1v) is 4.35. The Morgan fingerprint density at radius 2 is 2.58 bits per heavy atom. The van der Waals surface area contributed by atoms with Crippen molar-refractivity contribution in [3.63, 3.8) is 0 Å². The maximum atomic E-state index is 8.26. The van der Waals surface area contributed by atoms with E-state index in [0.717, 1.165) is 19.3 Å². The standard InChI is InChI=1S/C10H16O2/c1-8(2)10-5-3-9(4-6-10)7-12-11/h5,9,11H,1,3-4,6-7H2,2H3. The van der Waals surface area contributed by atoms with Crippen molar-refractivity contribution in [2.24, 2.45) is 5.92 Å². The highest BCUT2D eigenvalue weighted by atomic mass is 17.1. The molecule has 1 N–H and O–H groups in total. The van der Waals surface area contributed by atoms with E-state index in [1.54, 1.807) is 0 Å². The van der Waals surface area contributed by atoms with Crippen molar-refractivity contribution in [2.45, 2.75) is 26.2 Å². The van der Waals surface area contributed by atoms with E-state index in [0.29, 0.717) is 12.5 Å². The van der Waals surface area contributed by atoms with Crippen LogP contribution in [0, 0.1) is 5.92 Å². The Morgan fingerprint density at radius 1 is 1.83 bits per heavy atom. The second-order valence-electron chi connectivity index (χ2n) is 3.45. The van der Waals surface area contributed by atoms with E-state index < -0.39 is 0 Å². The summed E-state index contributed by atoms with van der Waals surface area (Å²) in [6.45, 7) is 6.40. The largest absolute Gasteiger partial charge is 0.252 e. The summed E-state index contributed by atoms with van der Waals surface area (Å²) in [6, 6.07) is 0. The van der Waals surface area contributed by atoms with Gasteiger partial charge in [-0.3, -0.25) is 5.26 Å². The van der Waals surface area contributed by atoms with Crippen LogP contribution < -0.4 is 0 Å².